The van der Waals surface area contributed by atoms with E-state index in [4.69, 9.17) is 39.5 Å². The number of rotatable bonds is 13. The predicted molar refractivity (Wildman–Crippen MR) is 179 cm³/mol. The highest BCUT2D eigenvalue weighted by Gasteiger charge is 2.34. The van der Waals surface area contributed by atoms with E-state index in [1.165, 1.54) is 60.5 Å². The van der Waals surface area contributed by atoms with Crippen LogP contribution in [0.15, 0.2) is 102 Å². The summed E-state index contributed by atoms with van der Waals surface area (Å²) in [5, 5.41) is 3.93. The first-order valence-corrected chi connectivity index (χ1v) is 16.6. The van der Waals surface area contributed by atoms with Crippen LogP contribution >= 0.6 is 34.8 Å². The van der Waals surface area contributed by atoms with Gasteiger partial charge in [0.2, 0.25) is 11.8 Å². The monoisotopic (exact) mass is 687 g/mol. The van der Waals surface area contributed by atoms with E-state index in [1.54, 1.807) is 25.1 Å². The van der Waals surface area contributed by atoms with Gasteiger partial charge in [0.05, 0.1) is 17.7 Å². The zero-order valence-corrected chi connectivity index (χ0v) is 27.7. The number of methoxy groups -OCH3 is 1. The molecule has 0 aliphatic rings. The molecule has 0 radical (unpaired) electrons. The molecule has 0 bridgehead atoms. The molecule has 1 atom stereocenters. The van der Waals surface area contributed by atoms with Gasteiger partial charge in [-0.2, -0.15) is 0 Å². The molecule has 8 nitrogen and oxygen atoms in total. The summed E-state index contributed by atoms with van der Waals surface area (Å²) in [7, 11) is -2.80. The van der Waals surface area contributed by atoms with Crippen molar-refractivity contribution in [3.63, 3.8) is 0 Å². The van der Waals surface area contributed by atoms with E-state index in [-0.39, 0.29) is 23.5 Å². The van der Waals surface area contributed by atoms with Gasteiger partial charge in [-0.05, 0) is 78.7 Å². The van der Waals surface area contributed by atoms with E-state index in [2.05, 4.69) is 5.32 Å². The van der Waals surface area contributed by atoms with Gasteiger partial charge in [0, 0.05) is 34.6 Å². The molecular weight excluding hydrogens is 657 g/mol. The van der Waals surface area contributed by atoms with Crippen molar-refractivity contribution in [1.82, 2.24) is 10.2 Å². The normalized spacial score (nSPS) is 11.8. The third-order valence-corrected chi connectivity index (χ3v) is 9.65. The Kier molecular flexibility index (Phi) is 11.7. The lowest BCUT2D eigenvalue weighted by atomic mass is 10.0. The van der Waals surface area contributed by atoms with Crippen molar-refractivity contribution in [2.75, 3.05) is 24.5 Å². The largest absolute Gasteiger partial charge is 0.497 e. The van der Waals surface area contributed by atoms with Crippen LogP contribution in [0.4, 0.5) is 5.69 Å². The fourth-order valence-corrected chi connectivity index (χ4v) is 6.70. The Hall–Kier alpha value is -3.76. The van der Waals surface area contributed by atoms with Gasteiger partial charge in [-0.3, -0.25) is 13.9 Å². The quantitative estimate of drug-likeness (QED) is 0.170. The molecule has 0 aliphatic heterocycles. The van der Waals surface area contributed by atoms with Crippen molar-refractivity contribution < 1.29 is 22.7 Å². The van der Waals surface area contributed by atoms with E-state index < -0.39 is 34.4 Å². The molecule has 0 aromatic heterocycles. The Morgan fingerprint density at radius 3 is 2.11 bits per heavy atom. The van der Waals surface area contributed by atoms with E-state index in [1.807, 2.05) is 30.3 Å². The number of carbonyl (C=O) groups is 2. The predicted octanol–water partition coefficient (Wildman–Crippen LogP) is 6.63. The topological polar surface area (TPSA) is 96.0 Å². The summed E-state index contributed by atoms with van der Waals surface area (Å²) in [6.07, 6.45) is 0.176. The van der Waals surface area contributed by atoms with Gasteiger partial charge in [-0.25, -0.2) is 8.42 Å². The summed E-state index contributed by atoms with van der Waals surface area (Å²) in [5.41, 5.74) is 1.56. The molecule has 236 valence electrons. The maximum absolute atomic E-state index is 14.4. The van der Waals surface area contributed by atoms with Crippen molar-refractivity contribution in [1.29, 1.82) is 0 Å². The molecule has 4 aromatic rings. The molecule has 0 heterocycles. The van der Waals surface area contributed by atoms with E-state index in [9.17, 15) is 18.0 Å². The minimum absolute atomic E-state index is 0.0529. The van der Waals surface area contributed by atoms with E-state index >= 15 is 0 Å². The van der Waals surface area contributed by atoms with Crippen LogP contribution in [0.2, 0.25) is 15.1 Å². The van der Waals surface area contributed by atoms with E-state index in [0.717, 1.165) is 9.87 Å². The lowest BCUT2D eigenvalue weighted by Crippen LogP contribution is -2.53. The fourth-order valence-electron chi connectivity index (χ4n) is 4.69. The maximum Gasteiger partial charge on any atom is 0.264 e. The first-order valence-electron chi connectivity index (χ1n) is 14.0. The van der Waals surface area contributed by atoms with Crippen LogP contribution in [0, 0.1) is 0 Å². The van der Waals surface area contributed by atoms with Crippen molar-refractivity contribution >= 4 is 62.3 Å². The summed E-state index contributed by atoms with van der Waals surface area (Å²) < 4.78 is 34.4. The van der Waals surface area contributed by atoms with Gasteiger partial charge < -0.3 is 15.0 Å². The molecule has 2 amide bonds. The Labute approximate surface area is 278 Å². The molecule has 0 unspecified atom stereocenters. The average molecular weight is 689 g/mol. The van der Waals surface area contributed by atoms with Crippen molar-refractivity contribution in [2.45, 2.75) is 30.8 Å². The number of nitrogens with one attached hydrogen (secondary N) is 1. The minimum atomic E-state index is -4.28. The summed E-state index contributed by atoms with van der Waals surface area (Å²) >= 11 is 18.8. The van der Waals surface area contributed by atoms with Gasteiger partial charge in [0.15, 0.2) is 0 Å². The first-order chi connectivity index (χ1) is 21.5. The lowest BCUT2D eigenvalue weighted by Gasteiger charge is -2.34. The maximum atomic E-state index is 14.4. The van der Waals surface area contributed by atoms with Gasteiger partial charge >= 0.3 is 0 Å². The van der Waals surface area contributed by atoms with Crippen LogP contribution in [0.5, 0.6) is 5.75 Å². The smallest absolute Gasteiger partial charge is 0.264 e. The minimum Gasteiger partial charge on any atom is -0.497 e. The second-order valence-corrected chi connectivity index (χ2v) is 13.2. The van der Waals surface area contributed by atoms with Gasteiger partial charge in [-0.1, -0.05) is 71.2 Å². The number of halogens is 3. The van der Waals surface area contributed by atoms with Gasteiger partial charge in [0.25, 0.3) is 10.0 Å². The second-order valence-electron chi connectivity index (χ2n) is 10.0. The van der Waals surface area contributed by atoms with Crippen LogP contribution in [0.3, 0.4) is 0 Å². The Morgan fingerprint density at radius 2 is 1.51 bits per heavy atom. The van der Waals surface area contributed by atoms with E-state index in [0.29, 0.717) is 32.9 Å². The Bertz CT molecular complexity index is 1720. The molecule has 12 heteroatoms. The lowest BCUT2D eigenvalue weighted by molar-refractivity contribution is -0.140. The molecule has 1 N–H and O–H groups in total. The van der Waals surface area contributed by atoms with Gasteiger partial charge in [0.1, 0.15) is 18.3 Å². The number of hydrogen-bond acceptors (Lipinski definition) is 5. The highest BCUT2D eigenvalue weighted by atomic mass is 35.5. The number of amides is 2. The van der Waals surface area contributed by atoms with Crippen molar-refractivity contribution in [2.24, 2.45) is 0 Å². The standard InChI is InChI=1S/C33H32Cl3N3O5S/c1-3-37-33(41)31(19-23-7-5-4-6-8-23)38(21-24-9-10-26(35)20-30(24)36)32(40)22-39(27-13-11-25(34)12-14-27)45(42,43)29-17-15-28(44-2)16-18-29/h4-18,20,31H,3,19,21-22H2,1-2H3,(H,37,41)/t31-/m1/s1. The summed E-state index contributed by atoms with van der Waals surface area (Å²) in [6, 6.07) is 25.1. The van der Waals surface area contributed by atoms with Crippen LogP contribution in [0.1, 0.15) is 18.1 Å². The molecule has 0 aliphatic carbocycles. The number of sulfonamides is 1. The number of nitrogens with zero attached hydrogens (tertiary/aromatic N) is 2. The molecular formula is C33H32Cl3N3O5S. The van der Waals surface area contributed by atoms with Crippen LogP contribution in [-0.2, 0) is 32.6 Å². The molecule has 0 spiro atoms. The summed E-state index contributed by atoms with van der Waals surface area (Å²) in [4.78, 5) is 29.3. The molecule has 4 rings (SSSR count). The Balaban J connectivity index is 1.81. The highest BCUT2D eigenvalue weighted by Crippen LogP contribution is 2.28. The van der Waals surface area contributed by atoms with Crippen LogP contribution in [-0.4, -0.2) is 51.4 Å². The second kappa shape index (κ2) is 15.5. The first kappa shape index (κ1) is 34.1. The average Bonchev–Trinajstić information content (AvgIpc) is 3.03. The van der Waals surface area contributed by atoms with Gasteiger partial charge in [-0.15, -0.1) is 0 Å². The molecule has 0 fully saturated rings. The third-order valence-electron chi connectivity index (χ3n) is 7.02. The molecule has 0 saturated heterocycles. The number of anilines is 1. The number of carbonyl (C=O) groups excluding carboxylic acids is 2. The number of likely N-dealkylation sites (N-methyl/N-ethyl adjacent to an activating group) is 1. The third kappa shape index (κ3) is 8.70. The zero-order chi connectivity index (χ0) is 32.6. The summed E-state index contributed by atoms with van der Waals surface area (Å²) in [5.74, 6) is -0.546. The number of hydrogen-bond donors (Lipinski definition) is 1. The molecule has 0 saturated carbocycles. The zero-order valence-electron chi connectivity index (χ0n) is 24.6. The molecule has 45 heavy (non-hydrogen) atoms. The van der Waals surface area contributed by atoms with Crippen LogP contribution < -0.4 is 14.4 Å². The number of ether oxygens (including phenoxy) is 1. The Morgan fingerprint density at radius 1 is 0.867 bits per heavy atom. The SMILES string of the molecule is CCNC(=O)[C@@H](Cc1ccccc1)N(Cc1ccc(Cl)cc1Cl)C(=O)CN(c1ccc(Cl)cc1)S(=O)(=O)c1ccc(OC)cc1. The number of benzene rings is 4. The van der Waals surface area contributed by atoms with Crippen molar-refractivity contribution in [3.05, 3.63) is 123 Å². The van der Waals surface area contributed by atoms with Crippen molar-refractivity contribution in [3.8, 4) is 5.75 Å². The van der Waals surface area contributed by atoms with Crippen LogP contribution in [0.25, 0.3) is 0 Å². The molecule has 4 aromatic carbocycles. The highest BCUT2D eigenvalue weighted by molar-refractivity contribution is 7.92. The fraction of sp³-hybridized carbons (Fsp3) is 0.212. The summed E-state index contributed by atoms with van der Waals surface area (Å²) in [6.45, 7) is 1.41.